The number of amides is 1. The number of hydrogen-bond acceptors (Lipinski definition) is 4. The molecule has 2 aliphatic heterocycles. The van der Waals surface area contributed by atoms with Crippen molar-refractivity contribution in [2.45, 2.75) is 50.2 Å². The molecule has 0 saturated carbocycles. The van der Waals surface area contributed by atoms with Crippen LogP contribution in [0.3, 0.4) is 0 Å². The highest BCUT2D eigenvalue weighted by Gasteiger charge is 2.52. The number of nitrogens with one attached hydrogen (secondary N) is 1. The number of halogens is 5. The monoisotopic (exact) mass is 418 g/mol. The van der Waals surface area contributed by atoms with Crippen LogP contribution < -0.4 is 5.32 Å². The van der Waals surface area contributed by atoms with Crippen LogP contribution in [0.25, 0.3) is 11.0 Å². The van der Waals surface area contributed by atoms with Crippen molar-refractivity contribution in [3.05, 3.63) is 30.1 Å². The highest BCUT2D eigenvalue weighted by molar-refractivity contribution is 6.06. The van der Waals surface area contributed by atoms with E-state index in [1.807, 2.05) is 0 Å². The molecule has 0 radical (unpaired) electrons. The predicted molar refractivity (Wildman–Crippen MR) is 92.5 cm³/mol. The lowest BCUT2D eigenvalue weighted by Gasteiger charge is -2.48. The van der Waals surface area contributed by atoms with E-state index >= 15 is 0 Å². The minimum Gasteiger partial charge on any atom is -0.378 e. The summed E-state index contributed by atoms with van der Waals surface area (Å²) >= 11 is 0. The fourth-order valence-corrected chi connectivity index (χ4v) is 4.30. The molecule has 2 aromatic heterocycles. The summed E-state index contributed by atoms with van der Waals surface area (Å²) in [4.78, 5) is 17.4. The van der Waals surface area contributed by atoms with E-state index in [1.165, 1.54) is 17.0 Å². The van der Waals surface area contributed by atoms with E-state index in [2.05, 4.69) is 10.3 Å². The molecule has 158 valence electrons. The molecule has 2 aliphatic rings. The van der Waals surface area contributed by atoms with Crippen LogP contribution in [0, 0.1) is 0 Å². The lowest BCUT2D eigenvalue weighted by molar-refractivity contribution is -0.301. The van der Waals surface area contributed by atoms with Gasteiger partial charge in [-0.25, -0.2) is 18.7 Å². The van der Waals surface area contributed by atoms with Gasteiger partial charge in [0.1, 0.15) is 5.65 Å². The molecule has 0 aromatic carbocycles. The molecule has 2 fully saturated rings. The molecule has 2 aromatic rings. The highest BCUT2D eigenvalue weighted by Crippen LogP contribution is 2.36. The number of pyridine rings is 1. The summed E-state index contributed by atoms with van der Waals surface area (Å²) in [6, 6.07) is 0.998. The number of morpholine rings is 1. The Bertz CT molecular complexity index is 886. The fraction of sp³-hybridized carbons (Fsp3) is 0.556. The molecule has 1 N–H and O–H groups in total. The Balaban J connectivity index is 1.53. The minimum absolute atomic E-state index is 0.0556. The molecule has 1 unspecified atom stereocenters. The van der Waals surface area contributed by atoms with E-state index in [9.17, 15) is 26.7 Å². The Morgan fingerprint density at radius 2 is 1.97 bits per heavy atom. The normalized spacial score (nSPS) is 25.5. The van der Waals surface area contributed by atoms with Gasteiger partial charge >= 0.3 is 6.30 Å². The van der Waals surface area contributed by atoms with E-state index in [0.717, 1.165) is 0 Å². The van der Waals surface area contributed by atoms with Gasteiger partial charge in [0.05, 0.1) is 25.3 Å². The quantitative estimate of drug-likeness (QED) is 0.613. The van der Waals surface area contributed by atoms with Crippen LogP contribution in [-0.4, -0.2) is 64.4 Å². The largest absolute Gasteiger partial charge is 0.460 e. The van der Waals surface area contributed by atoms with Gasteiger partial charge < -0.3 is 14.6 Å². The van der Waals surface area contributed by atoms with Crippen molar-refractivity contribution in [3.8, 4) is 0 Å². The molecule has 0 aliphatic carbocycles. The maximum Gasteiger partial charge on any atom is 0.460 e. The number of hydrogen-bond donors (Lipinski definition) is 1. The first-order chi connectivity index (χ1) is 13.7. The smallest absolute Gasteiger partial charge is 0.378 e. The Morgan fingerprint density at radius 3 is 2.59 bits per heavy atom. The Hall–Kier alpha value is -2.27. The third-order valence-corrected chi connectivity index (χ3v) is 5.36. The minimum atomic E-state index is -4.46. The average Bonchev–Trinajstić information content (AvgIpc) is 2.98. The SMILES string of the molecule is O=C(NC1C[C@H]2COC[C@@H](C1)N2C(F)(F)F)c1cn(CC(F)F)c2ncccc12. The molecule has 2 bridgehead atoms. The van der Waals surface area contributed by atoms with Gasteiger partial charge in [0.25, 0.3) is 12.3 Å². The van der Waals surface area contributed by atoms with Crippen LogP contribution in [0.2, 0.25) is 0 Å². The third-order valence-electron chi connectivity index (χ3n) is 5.36. The molecule has 4 heterocycles. The molecule has 2 saturated heterocycles. The summed E-state index contributed by atoms with van der Waals surface area (Å²) in [6.07, 6.45) is -4.13. The lowest BCUT2D eigenvalue weighted by atomic mass is 9.90. The first-order valence-electron chi connectivity index (χ1n) is 9.20. The van der Waals surface area contributed by atoms with Gasteiger partial charge in [0.2, 0.25) is 0 Å². The van der Waals surface area contributed by atoms with Crippen LogP contribution in [0.5, 0.6) is 0 Å². The molecule has 6 nitrogen and oxygen atoms in total. The zero-order valence-electron chi connectivity index (χ0n) is 15.2. The number of ether oxygens (including phenoxy) is 1. The molecule has 4 rings (SSSR count). The maximum absolute atomic E-state index is 13.3. The summed E-state index contributed by atoms with van der Waals surface area (Å²) < 4.78 is 72.1. The van der Waals surface area contributed by atoms with Crippen molar-refractivity contribution < 1.29 is 31.5 Å². The lowest BCUT2D eigenvalue weighted by Crippen LogP contribution is -2.64. The summed E-state index contributed by atoms with van der Waals surface area (Å²) in [6.45, 7) is -0.716. The molecule has 3 atom stereocenters. The van der Waals surface area contributed by atoms with E-state index in [-0.39, 0.29) is 37.3 Å². The number of alkyl halides is 5. The first-order valence-corrected chi connectivity index (χ1v) is 9.20. The average molecular weight is 418 g/mol. The van der Waals surface area contributed by atoms with Gasteiger partial charge in [0, 0.05) is 35.9 Å². The number of aromatic nitrogens is 2. The van der Waals surface area contributed by atoms with Gasteiger partial charge in [-0.05, 0) is 25.0 Å². The summed E-state index contributed by atoms with van der Waals surface area (Å²) in [5, 5.41) is 3.20. The Morgan fingerprint density at radius 1 is 1.28 bits per heavy atom. The van der Waals surface area contributed by atoms with Crippen LogP contribution in [-0.2, 0) is 11.3 Å². The summed E-state index contributed by atoms with van der Waals surface area (Å²) in [7, 11) is 0. The van der Waals surface area contributed by atoms with E-state index in [4.69, 9.17) is 4.74 Å². The number of nitrogens with zero attached hydrogens (tertiary/aromatic N) is 3. The van der Waals surface area contributed by atoms with Gasteiger partial charge in [-0.15, -0.1) is 0 Å². The summed E-state index contributed by atoms with van der Waals surface area (Å²) in [5.74, 6) is -0.513. The van der Waals surface area contributed by atoms with Crippen molar-refractivity contribution in [3.63, 3.8) is 0 Å². The second-order valence-corrected chi connectivity index (χ2v) is 7.32. The highest BCUT2D eigenvalue weighted by atomic mass is 19.4. The third kappa shape index (κ3) is 3.93. The van der Waals surface area contributed by atoms with Gasteiger partial charge in [-0.1, -0.05) is 0 Å². The molecule has 1 amide bonds. The zero-order valence-corrected chi connectivity index (χ0v) is 15.2. The molecular formula is C18H19F5N4O2. The van der Waals surface area contributed by atoms with Crippen LogP contribution in [0.4, 0.5) is 22.0 Å². The van der Waals surface area contributed by atoms with E-state index in [0.29, 0.717) is 10.3 Å². The van der Waals surface area contributed by atoms with Crippen molar-refractivity contribution >= 4 is 16.9 Å². The Kier molecular flexibility index (Phi) is 5.19. The number of fused-ring (bicyclic) bond motifs is 3. The van der Waals surface area contributed by atoms with Crippen molar-refractivity contribution in [2.75, 3.05) is 13.2 Å². The number of carbonyl (C=O) groups is 1. The molecule has 29 heavy (non-hydrogen) atoms. The second-order valence-electron chi connectivity index (χ2n) is 7.32. The van der Waals surface area contributed by atoms with Crippen LogP contribution in [0.15, 0.2) is 24.5 Å². The molecule has 11 heteroatoms. The standard InChI is InChI=1S/C18H19F5N4O2/c19-15(20)7-26-6-14(13-2-1-3-24-16(13)26)17(28)25-10-4-11-8-29-9-12(5-10)27(11)18(21,22)23/h1-3,6,10-12,15H,4-5,7-9H2,(H,25,28)/t10?,11-,12+. The fourth-order valence-electron chi connectivity index (χ4n) is 4.30. The second kappa shape index (κ2) is 7.52. The van der Waals surface area contributed by atoms with Gasteiger partial charge in [-0.2, -0.15) is 13.2 Å². The molecular weight excluding hydrogens is 399 g/mol. The van der Waals surface area contributed by atoms with Gasteiger partial charge in [0.15, 0.2) is 0 Å². The topological polar surface area (TPSA) is 59.4 Å². The zero-order chi connectivity index (χ0) is 20.8. The van der Waals surface area contributed by atoms with Crippen molar-refractivity contribution in [1.82, 2.24) is 19.8 Å². The van der Waals surface area contributed by atoms with Gasteiger partial charge in [-0.3, -0.25) is 4.79 Å². The first kappa shape index (κ1) is 20.0. The van der Waals surface area contributed by atoms with Crippen molar-refractivity contribution in [2.24, 2.45) is 0 Å². The maximum atomic E-state index is 13.3. The van der Waals surface area contributed by atoms with Crippen molar-refractivity contribution in [1.29, 1.82) is 0 Å². The number of piperidine rings is 1. The van der Waals surface area contributed by atoms with E-state index in [1.54, 1.807) is 12.1 Å². The van der Waals surface area contributed by atoms with Crippen LogP contribution in [0.1, 0.15) is 23.2 Å². The summed E-state index contributed by atoms with van der Waals surface area (Å²) in [5.41, 5.74) is 0.434. The number of rotatable bonds is 4. The molecule has 0 spiro atoms. The van der Waals surface area contributed by atoms with Crippen LogP contribution >= 0.6 is 0 Å². The number of carbonyl (C=O) groups excluding carboxylic acids is 1. The predicted octanol–water partition coefficient (Wildman–Crippen LogP) is 2.78. The Labute approximate surface area is 162 Å². The van der Waals surface area contributed by atoms with E-state index < -0.39 is 43.3 Å².